The van der Waals surface area contributed by atoms with Crippen LogP contribution in [-0.2, 0) is 6.42 Å². The second kappa shape index (κ2) is 5.69. The van der Waals surface area contributed by atoms with Crippen LogP contribution in [0.15, 0.2) is 22.7 Å². The van der Waals surface area contributed by atoms with E-state index >= 15 is 0 Å². The summed E-state index contributed by atoms with van der Waals surface area (Å²) in [6.45, 7) is 1.16. The molecular weight excluding hydrogens is 266 g/mol. The van der Waals surface area contributed by atoms with Crippen LogP contribution in [0.1, 0.15) is 24.8 Å². The third-order valence-electron chi connectivity index (χ3n) is 3.13. The highest BCUT2D eigenvalue weighted by molar-refractivity contribution is 9.10. The molecule has 2 rings (SSSR count). The Balaban J connectivity index is 2.06. The Morgan fingerprint density at radius 3 is 3.00 bits per heavy atom. The summed E-state index contributed by atoms with van der Waals surface area (Å²) < 4.78 is 6.44. The molecule has 2 nitrogen and oxygen atoms in total. The van der Waals surface area contributed by atoms with Gasteiger partial charge in [-0.3, -0.25) is 0 Å². The molecule has 1 saturated heterocycles. The van der Waals surface area contributed by atoms with Crippen LogP contribution in [0, 0.1) is 0 Å². The van der Waals surface area contributed by atoms with Gasteiger partial charge in [0.05, 0.1) is 7.11 Å². The molecule has 0 aromatic heterocycles. The van der Waals surface area contributed by atoms with Crippen molar-refractivity contribution in [3.05, 3.63) is 28.2 Å². The van der Waals surface area contributed by atoms with Crippen LogP contribution >= 0.6 is 15.9 Å². The van der Waals surface area contributed by atoms with Crippen molar-refractivity contribution in [2.45, 2.75) is 31.7 Å². The molecule has 1 N–H and O–H groups in total. The van der Waals surface area contributed by atoms with Gasteiger partial charge in [-0.1, -0.05) is 22.4 Å². The zero-order chi connectivity index (χ0) is 11.4. The maximum atomic E-state index is 5.26. The summed E-state index contributed by atoms with van der Waals surface area (Å²) in [7, 11) is 1.71. The molecule has 1 aromatic rings. The first-order chi connectivity index (χ1) is 7.79. The van der Waals surface area contributed by atoms with Crippen molar-refractivity contribution in [1.82, 2.24) is 5.32 Å². The van der Waals surface area contributed by atoms with Crippen molar-refractivity contribution < 1.29 is 4.74 Å². The minimum Gasteiger partial charge on any atom is -0.497 e. The minimum atomic E-state index is 0.622. The van der Waals surface area contributed by atoms with Gasteiger partial charge in [-0.2, -0.15) is 0 Å². The lowest BCUT2D eigenvalue weighted by atomic mass is 9.98. The SMILES string of the molecule is COc1ccc(Br)c(CC2CCCCN2)c1. The van der Waals surface area contributed by atoms with Crippen molar-refractivity contribution in [2.75, 3.05) is 13.7 Å². The highest BCUT2D eigenvalue weighted by Gasteiger charge is 2.14. The van der Waals surface area contributed by atoms with Gasteiger partial charge in [-0.05, 0) is 49.6 Å². The number of nitrogens with one attached hydrogen (secondary N) is 1. The van der Waals surface area contributed by atoms with E-state index in [9.17, 15) is 0 Å². The summed E-state index contributed by atoms with van der Waals surface area (Å²) in [5, 5.41) is 3.57. The maximum absolute atomic E-state index is 5.26. The molecule has 0 radical (unpaired) electrons. The fraction of sp³-hybridized carbons (Fsp3) is 0.538. The number of ether oxygens (including phenoxy) is 1. The average Bonchev–Trinajstić information content (AvgIpc) is 2.33. The number of piperidine rings is 1. The fourth-order valence-electron chi connectivity index (χ4n) is 2.20. The molecule has 0 amide bonds. The third-order valence-corrected chi connectivity index (χ3v) is 3.91. The molecular formula is C13H18BrNO. The summed E-state index contributed by atoms with van der Waals surface area (Å²) in [4.78, 5) is 0. The number of methoxy groups -OCH3 is 1. The number of hydrogen-bond donors (Lipinski definition) is 1. The molecule has 1 heterocycles. The molecule has 16 heavy (non-hydrogen) atoms. The zero-order valence-corrected chi connectivity index (χ0v) is 11.2. The number of rotatable bonds is 3. The summed E-state index contributed by atoms with van der Waals surface area (Å²) in [5.74, 6) is 0.939. The Hall–Kier alpha value is -0.540. The van der Waals surface area contributed by atoms with Crippen LogP contribution in [0.4, 0.5) is 0 Å². The van der Waals surface area contributed by atoms with E-state index in [1.807, 2.05) is 6.07 Å². The van der Waals surface area contributed by atoms with Gasteiger partial charge in [0.2, 0.25) is 0 Å². The number of halogens is 1. The zero-order valence-electron chi connectivity index (χ0n) is 9.63. The molecule has 1 aromatic carbocycles. The summed E-state index contributed by atoms with van der Waals surface area (Å²) in [6, 6.07) is 6.80. The van der Waals surface area contributed by atoms with Crippen molar-refractivity contribution in [3.8, 4) is 5.75 Å². The van der Waals surface area contributed by atoms with E-state index in [4.69, 9.17) is 4.74 Å². The second-order valence-electron chi connectivity index (χ2n) is 4.31. The topological polar surface area (TPSA) is 21.3 Å². The van der Waals surface area contributed by atoms with Gasteiger partial charge in [0.1, 0.15) is 5.75 Å². The van der Waals surface area contributed by atoms with Gasteiger partial charge < -0.3 is 10.1 Å². The van der Waals surface area contributed by atoms with E-state index in [1.54, 1.807) is 7.11 Å². The Bertz CT molecular complexity index is 348. The average molecular weight is 284 g/mol. The van der Waals surface area contributed by atoms with Crippen LogP contribution in [-0.4, -0.2) is 19.7 Å². The van der Waals surface area contributed by atoms with Crippen LogP contribution in [0.25, 0.3) is 0 Å². The van der Waals surface area contributed by atoms with Gasteiger partial charge in [-0.25, -0.2) is 0 Å². The Morgan fingerprint density at radius 2 is 2.31 bits per heavy atom. The smallest absolute Gasteiger partial charge is 0.119 e. The molecule has 0 aliphatic carbocycles. The quantitative estimate of drug-likeness (QED) is 0.920. The van der Waals surface area contributed by atoms with E-state index < -0.39 is 0 Å². The number of benzene rings is 1. The molecule has 1 fully saturated rings. The van der Waals surface area contributed by atoms with Gasteiger partial charge in [0.15, 0.2) is 0 Å². The predicted octanol–water partition coefficient (Wildman–Crippen LogP) is 3.14. The number of hydrogen-bond acceptors (Lipinski definition) is 2. The molecule has 88 valence electrons. The van der Waals surface area contributed by atoms with Gasteiger partial charge >= 0.3 is 0 Å². The second-order valence-corrected chi connectivity index (χ2v) is 5.16. The Morgan fingerprint density at radius 1 is 1.44 bits per heavy atom. The van der Waals surface area contributed by atoms with E-state index in [0.717, 1.165) is 18.7 Å². The molecule has 0 spiro atoms. The van der Waals surface area contributed by atoms with E-state index in [-0.39, 0.29) is 0 Å². The first-order valence-corrected chi connectivity index (χ1v) is 6.64. The summed E-state index contributed by atoms with van der Waals surface area (Å²) >= 11 is 3.60. The third kappa shape index (κ3) is 2.98. The largest absolute Gasteiger partial charge is 0.497 e. The lowest BCUT2D eigenvalue weighted by Crippen LogP contribution is -2.35. The highest BCUT2D eigenvalue weighted by Crippen LogP contribution is 2.25. The summed E-state index contributed by atoms with van der Waals surface area (Å²) in [6.07, 6.45) is 5.02. The van der Waals surface area contributed by atoms with Crippen molar-refractivity contribution in [1.29, 1.82) is 0 Å². The molecule has 1 atom stereocenters. The molecule has 1 unspecified atom stereocenters. The van der Waals surface area contributed by atoms with Gasteiger partial charge in [-0.15, -0.1) is 0 Å². The molecule has 1 aliphatic heterocycles. The minimum absolute atomic E-state index is 0.622. The van der Waals surface area contributed by atoms with Gasteiger partial charge in [0, 0.05) is 10.5 Å². The van der Waals surface area contributed by atoms with Crippen LogP contribution in [0.3, 0.4) is 0 Å². The van der Waals surface area contributed by atoms with E-state index in [1.165, 1.54) is 29.3 Å². The molecule has 0 bridgehead atoms. The van der Waals surface area contributed by atoms with Gasteiger partial charge in [0.25, 0.3) is 0 Å². The lowest BCUT2D eigenvalue weighted by Gasteiger charge is -2.24. The first-order valence-electron chi connectivity index (χ1n) is 5.85. The van der Waals surface area contributed by atoms with E-state index in [2.05, 4.69) is 33.4 Å². The van der Waals surface area contributed by atoms with Crippen molar-refractivity contribution >= 4 is 15.9 Å². The van der Waals surface area contributed by atoms with E-state index in [0.29, 0.717) is 6.04 Å². The molecule has 1 aliphatic rings. The lowest BCUT2D eigenvalue weighted by molar-refractivity contribution is 0.396. The Labute approximate surface area is 106 Å². The fourth-order valence-corrected chi connectivity index (χ4v) is 2.61. The monoisotopic (exact) mass is 283 g/mol. The Kier molecular flexibility index (Phi) is 4.24. The summed E-state index contributed by atoms with van der Waals surface area (Å²) in [5.41, 5.74) is 1.33. The highest BCUT2D eigenvalue weighted by atomic mass is 79.9. The normalized spacial score (nSPS) is 20.8. The molecule has 0 saturated carbocycles. The van der Waals surface area contributed by atoms with Crippen LogP contribution < -0.4 is 10.1 Å². The maximum Gasteiger partial charge on any atom is 0.119 e. The molecule has 3 heteroatoms. The first kappa shape index (κ1) is 11.9. The van der Waals surface area contributed by atoms with Crippen molar-refractivity contribution in [2.24, 2.45) is 0 Å². The van der Waals surface area contributed by atoms with Crippen LogP contribution in [0.2, 0.25) is 0 Å². The van der Waals surface area contributed by atoms with Crippen LogP contribution in [0.5, 0.6) is 5.75 Å². The predicted molar refractivity (Wildman–Crippen MR) is 70.0 cm³/mol. The standard InChI is InChI=1S/C13H18BrNO/c1-16-12-5-6-13(14)10(9-12)8-11-4-2-3-7-15-11/h5-6,9,11,15H,2-4,7-8H2,1H3. The van der Waals surface area contributed by atoms with Crippen molar-refractivity contribution in [3.63, 3.8) is 0 Å².